The third kappa shape index (κ3) is 4.68. The molecular weight excluding hydrogens is 364 g/mol. The molecule has 2 atom stereocenters. The Kier molecular flexibility index (Phi) is 6.50. The predicted octanol–water partition coefficient (Wildman–Crippen LogP) is 3.13. The van der Waals surface area contributed by atoms with Crippen LogP contribution >= 0.6 is 11.6 Å². The number of piperazine rings is 1. The molecule has 6 heteroatoms. The Balaban J connectivity index is 1.97. The standard InChI is InChI=1S/C21H25ClN2O3/c1-16(24-13-11-23-12-14-24)27-21(20(25)26,15-17-5-3-2-4-6-17)18-7-9-19(22)10-8-18/h2-10,16,23H,11-15H2,1H3,(H,25,26). The quantitative estimate of drug-likeness (QED) is 0.763. The number of aliphatic carboxylic acids is 1. The predicted molar refractivity (Wildman–Crippen MR) is 106 cm³/mol. The summed E-state index contributed by atoms with van der Waals surface area (Å²) in [6, 6.07) is 16.5. The van der Waals surface area contributed by atoms with E-state index in [0.717, 1.165) is 31.7 Å². The van der Waals surface area contributed by atoms with Crippen LogP contribution in [0.25, 0.3) is 0 Å². The van der Waals surface area contributed by atoms with E-state index in [-0.39, 0.29) is 12.6 Å². The van der Waals surface area contributed by atoms with Crippen molar-refractivity contribution in [3.8, 4) is 0 Å². The summed E-state index contributed by atoms with van der Waals surface area (Å²) in [4.78, 5) is 14.7. The molecule has 3 rings (SSSR count). The molecule has 1 saturated heterocycles. The van der Waals surface area contributed by atoms with Crippen molar-refractivity contribution in [2.24, 2.45) is 0 Å². The molecule has 2 aromatic rings. The van der Waals surface area contributed by atoms with E-state index in [4.69, 9.17) is 16.3 Å². The molecule has 144 valence electrons. The fourth-order valence-electron chi connectivity index (χ4n) is 3.48. The molecule has 27 heavy (non-hydrogen) atoms. The highest BCUT2D eigenvalue weighted by molar-refractivity contribution is 6.30. The molecule has 0 saturated carbocycles. The smallest absolute Gasteiger partial charge is 0.341 e. The fraction of sp³-hybridized carbons (Fsp3) is 0.381. The lowest BCUT2D eigenvalue weighted by atomic mass is 9.86. The van der Waals surface area contributed by atoms with Crippen molar-refractivity contribution < 1.29 is 14.6 Å². The maximum atomic E-state index is 12.5. The molecule has 1 aliphatic heterocycles. The second-order valence-electron chi connectivity index (χ2n) is 6.80. The van der Waals surface area contributed by atoms with E-state index in [0.29, 0.717) is 10.6 Å². The number of benzene rings is 2. The summed E-state index contributed by atoms with van der Waals surface area (Å²) in [6.45, 7) is 5.30. The highest BCUT2D eigenvalue weighted by Crippen LogP contribution is 2.33. The number of ether oxygens (including phenoxy) is 1. The highest BCUT2D eigenvalue weighted by Gasteiger charge is 2.44. The molecule has 2 unspecified atom stereocenters. The number of rotatable bonds is 7. The van der Waals surface area contributed by atoms with Crippen LogP contribution in [0.4, 0.5) is 0 Å². The molecule has 1 fully saturated rings. The Morgan fingerprint density at radius 1 is 1.19 bits per heavy atom. The molecule has 1 aliphatic rings. The van der Waals surface area contributed by atoms with Gasteiger partial charge < -0.3 is 15.2 Å². The van der Waals surface area contributed by atoms with Gasteiger partial charge in [-0.1, -0.05) is 54.1 Å². The number of halogens is 1. The summed E-state index contributed by atoms with van der Waals surface area (Å²) in [5, 5.41) is 14.1. The van der Waals surface area contributed by atoms with E-state index in [2.05, 4.69) is 10.2 Å². The van der Waals surface area contributed by atoms with Gasteiger partial charge in [0.15, 0.2) is 5.60 Å². The van der Waals surface area contributed by atoms with Crippen LogP contribution in [0.5, 0.6) is 0 Å². The number of carbonyl (C=O) groups is 1. The molecule has 0 aromatic heterocycles. The van der Waals surface area contributed by atoms with E-state index in [9.17, 15) is 9.90 Å². The Bertz CT molecular complexity index is 748. The number of carboxylic acid groups (broad SMARTS) is 1. The van der Waals surface area contributed by atoms with Gasteiger partial charge in [-0.25, -0.2) is 4.79 Å². The molecule has 0 amide bonds. The third-order valence-corrected chi connectivity index (χ3v) is 5.24. The zero-order chi connectivity index (χ0) is 19.3. The monoisotopic (exact) mass is 388 g/mol. The van der Waals surface area contributed by atoms with Crippen LogP contribution in [0.3, 0.4) is 0 Å². The third-order valence-electron chi connectivity index (χ3n) is 4.99. The summed E-state index contributed by atoms with van der Waals surface area (Å²) in [7, 11) is 0. The lowest BCUT2D eigenvalue weighted by Gasteiger charge is -2.39. The normalized spacial score (nSPS) is 18.6. The van der Waals surface area contributed by atoms with Crippen molar-refractivity contribution in [3.05, 3.63) is 70.7 Å². The van der Waals surface area contributed by atoms with Crippen LogP contribution in [-0.2, 0) is 21.6 Å². The number of nitrogens with zero attached hydrogens (tertiary/aromatic N) is 1. The highest BCUT2D eigenvalue weighted by atomic mass is 35.5. The van der Waals surface area contributed by atoms with Crippen molar-refractivity contribution in [1.29, 1.82) is 0 Å². The summed E-state index contributed by atoms with van der Waals surface area (Å²) < 4.78 is 6.32. The lowest BCUT2D eigenvalue weighted by Crippen LogP contribution is -2.52. The molecule has 0 bridgehead atoms. The molecule has 1 heterocycles. The van der Waals surface area contributed by atoms with Crippen LogP contribution < -0.4 is 5.32 Å². The van der Waals surface area contributed by atoms with Gasteiger partial charge in [-0.3, -0.25) is 4.90 Å². The first-order valence-corrected chi connectivity index (χ1v) is 9.55. The summed E-state index contributed by atoms with van der Waals surface area (Å²) in [5.74, 6) is -1.00. The largest absolute Gasteiger partial charge is 0.479 e. The maximum Gasteiger partial charge on any atom is 0.341 e. The van der Waals surface area contributed by atoms with Gasteiger partial charge in [-0.05, 0) is 30.2 Å². The Hall–Kier alpha value is -1.92. The van der Waals surface area contributed by atoms with Crippen LogP contribution in [0.2, 0.25) is 5.02 Å². The summed E-state index contributed by atoms with van der Waals surface area (Å²) in [6.07, 6.45) is -0.0936. The van der Waals surface area contributed by atoms with Crippen molar-refractivity contribution in [2.45, 2.75) is 25.2 Å². The van der Waals surface area contributed by atoms with Crippen LogP contribution in [0.1, 0.15) is 18.1 Å². The number of carboxylic acids is 1. The van der Waals surface area contributed by atoms with Gasteiger partial charge in [-0.2, -0.15) is 0 Å². The van der Waals surface area contributed by atoms with Crippen molar-refractivity contribution in [1.82, 2.24) is 10.2 Å². The Morgan fingerprint density at radius 3 is 2.41 bits per heavy atom. The zero-order valence-corrected chi connectivity index (χ0v) is 16.2. The van der Waals surface area contributed by atoms with Crippen molar-refractivity contribution >= 4 is 17.6 Å². The average molecular weight is 389 g/mol. The number of hydrogen-bond donors (Lipinski definition) is 2. The zero-order valence-electron chi connectivity index (χ0n) is 15.4. The minimum absolute atomic E-state index is 0.237. The topological polar surface area (TPSA) is 61.8 Å². The average Bonchev–Trinajstić information content (AvgIpc) is 2.69. The second kappa shape index (κ2) is 8.85. The van der Waals surface area contributed by atoms with Crippen molar-refractivity contribution in [2.75, 3.05) is 26.2 Å². The minimum atomic E-state index is -1.49. The van der Waals surface area contributed by atoms with Gasteiger partial charge in [-0.15, -0.1) is 0 Å². The van der Waals surface area contributed by atoms with Crippen LogP contribution in [0, 0.1) is 0 Å². The molecule has 0 radical (unpaired) electrons. The maximum absolute atomic E-state index is 12.5. The van der Waals surface area contributed by atoms with Crippen LogP contribution in [0.15, 0.2) is 54.6 Å². The van der Waals surface area contributed by atoms with E-state index >= 15 is 0 Å². The molecule has 0 aliphatic carbocycles. The Morgan fingerprint density at radius 2 is 1.81 bits per heavy atom. The molecule has 0 spiro atoms. The molecule has 2 aromatic carbocycles. The fourth-order valence-corrected chi connectivity index (χ4v) is 3.60. The van der Waals surface area contributed by atoms with E-state index in [1.807, 2.05) is 37.3 Å². The van der Waals surface area contributed by atoms with Gasteiger partial charge in [0.2, 0.25) is 0 Å². The second-order valence-corrected chi connectivity index (χ2v) is 7.24. The summed E-state index contributed by atoms with van der Waals surface area (Å²) >= 11 is 6.03. The van der Waals surface area contributed by atoms with E-state index in [1.54, 1.807) is 24.3 Å². The van der Waals surface area contributed by atoms with E-state index in [1.165, 1.54) is 0 Å². The summed E-state index contributed by atoms with van der Waals surface area (Å²) in [5.41, 5.74) is 0.00330. The SMILES string of the molecule is CC(OC(Cc1ccccc1)(C(=O)O)c1ccc(Cl)cc1)N1CCNCC1. The van der Waals surface area contributed by atoms with E-state index < -0.39 is 11.6 Å². The molecular formula is C21H25ClN2O3. The van der Waals surface area contributed by atoms with Crippen molar-refractivity contribution in [3.63, 3.8) is 0 Å². The lowest BCUT2D eigenvalue weighted by molar-refractivity contribution is -0.192. The minimum Gasteiger partial charge on any atom is -0.479 e. The molecule has 5 nitrogen and oxygen atoms in total. The van der Waals surface area contributed by atoms with Gasteiger partial charge in [0.05, 0.1) is 0 Å². The van der Waals surface area contributed by atoms with Crippen LogP contribution in [-0.4, -0.2) is 48.4 Å². The first kappa shape index (κ1) is 19.8. The van der Waals surface area contributed by atoms with Gasteiger partial charge in [0.25, 0.3) is 0 Å². The van der Waals surface area contributed by atoms with Gasteiger partial charge >= 0.3 is 5.97 Å². The Labute approximate surface area is 164 Å². The molecule has 2 N–H and O–H groups in total. The van der Waals surface area contributed by atoms with Gasteiger partial charge in [0.1, 0.15) is 6.23 Å². The number of nitrogens with one attached hydrogen (secondary N) is 1. The number of hydrogen-bond acceptors (Lipinski definition) is 4. The van der Waals surface area contributed by atoms with Gasteiger partial charge in [0, 0.05) is 37.6 Å². The first-order valence-electron chi connectivity index (χ1n) is 9.17. The first-order chi connectivity index (χ1) is 13.0.